The summed E-state index contributed by atoms with van der Waals surface area (Å²) in [6.07, 6.45) is 3.09. The van der Waals surface area contributed by atoms with Crippen molar-refractivity contribution in [2.24, 2.45) is 5.10 Å². The first kappa shape index (κ1) is 14.6. The quantitative estimate of drug-likeness (QED) is 0.559. The smallest absolute Gasteiger partial charge is 0.291 e. The zero-order valence-corrected chi connectivity index (χ0v) is 12.3. The van der Waals surface area contributed by atoms with Crippen molar-refractivity contribution in [2.75, 3.05) is 7.11 Å². The van der Waals surface area contributed by atoms with Gasteiger partial charge >= 0.3 is 0 Å². The molecule has 0 aliphatic carbocycles. The Bertz CT molecular complexity index is 804. The van der Waals surface area contributed by atoms with Gasteiger partial charge in [0.05, 0.1) is 19.6 Å². The molecule has 23 heavy (non-hydrogen) atoms. The van der Waals surface area contributed by atoms with E-state index in [1.807, 2.05) is 24.3 Å². The van der Waals surface area contributed by atoms with Gasteiger partial charge in [-0.05, 0) is 42.0 Å². The standard InChI is InChI=1S/C16H14N4O3/c1-22-12-6-4-11(5-7-12)10-17-20-16(21)14-9-13(18-19-14)15-3-2-8-23-15/h2-10H,1H3,(H,18,19)(H,20,21)/b17-10+. The van der Waals surface area contributed by atoms with Gasteiger partial charge in [-0.3, -0.25) is 9.89 Å². The molecule has 7 nitrogen and oxygen atoms in total. The predicted octanol–water partition coefficient (Wildman–Crippen LogP) is 2.44. The maximum atomic E-state index is 12.0. The van der Waals surface area contributed by atoms with Crippen LogP contribution in [0.2, 0.25) is 0 Å². The molecule has 7 heteroatoms. The summed E-state index contributed by atoms with van der Waals surface area (Å²) in [6, 6.07) is 12.4. The molecule has 0 aliphatic heterocycles. The molecule has 3 aromatic rings. The van der Waals surface area contributed by atoms with Crippen LogP contribution in [-0.4, -0.2) is 29.4 Å². The Kier molecular flexibility index (Phi) is 4.19. The lowest BCUT2D eigenvalue weighted by Crippen LogP contribution is -2.17. The van der Waals surface area contributed by atoms with Gasteiger partial charge in [0.2, 0.25) is 0 Å². The minimum atomic E-state index is -0.413. The fraction of sp³-hybridized carbons (Fsp3) is 0.0625. The van der Waals surface area contributed by atoms with E-state index in [0.717, 1.165) is 11.3 Å². The van der Waals surface area contributed by atoms with Gasteiger partial charge in [-0.1, -0.05) is 0 Å². The van der Waals surface area contributed by atoms with Gasteiger partial charge in [-0.15, -0.1) is 0 Å². The second-order valence-corrected chi connectivity index (χ2v) is 4.62. The average Bonchev–Trinajstić information content (AvgIpc) is 3.26. The van der Waals surface area contributed by atoms with E-state index in [0.29, 0.717) is 11.5 Å². The number of hydrazone groups is 1. The highest BCUT2D eigenvalue weighted by Crippen LogP contribution is 2.17. The Morgan fingerprint density at radius 3 is 2.87 bits per heavy atom. The van der Waals surface area contributed by atoms with Crippen LogP contribution in [0.4, 0.5) is 0 Å². The fourth-order valence-electron chi connectivity index (χ4n) is 1.91. The van der Waals surface area contributed by atoms with Crippen molar-refractivity contribution in [3.8, 4) is 17.2 Å². The molecule has 0 saturated heterocycles. The summed E-state index contributed by atoms with van der Waals surface area (Å²) >= 11 is 0. The van der Waals surface area contributed by atoms with E-state index in [9.17, 15) is 4.79 Å². The van der Waals surface area contributed by atoms with Crippen molar-refractivity contribution in [1.82, 2.24) is 15.6 Å². The van der Waals surface area contributed by atoms with Crippen LogP contribution < -0.4 is 10.2 Å². The largest absolute Gasteiger partial charge is 0.497 e. The third kappa shape index (κ3) is 3.46. The molecule has 2 N–H and O–H groups in total. The number of ether oxygens (including phenoxy) is 1. The van der Waals surface area contributed by atoms with Crippen LogP contribution in [0.25, 0.3) is 11.5 Å². The molecule has 0 spiro atoms. The molecule has 3 rings (SSSR count). The number of carbonyl (C=O) groups is 1. The second kappa shape index (κ2) is 6.61. The number of aromatic amines is 1. The Morgan fingerprint density at radius 1 is 1.35 bits per heavy atom. The average molecular weight is 310 g/mol. The van der Waals surface area contributed by atoms with E-state index < -0.39 is 5.91 Å². The molecule has 116 valence electrons. The van der Waals surface area contributed by atoms with Crippen LogP contribution >= 0.6 is 0 Å². The number of amides is 1. The molecule has 2 aromatic heterocycles. The van der Waals surface area contributed by atoms with Crippen LogP contribution in [0, 0.1) is 0 Å². The van der Waals surface area contributed by atoms with Gasteiger partial charge in [0.15, 0.2) is 11.5 Å². The Balaban J connectivity index is 1.61. The maximum Gasteiger partial charge on any atom is 0.291 e. The fourth-order valence-corrected chi connectivity index (χ4v) is 1.91. The highest BCUT2D eigenvalue weighted by Gasteiger charge is 2.11. The number of hydrogen-bond donors (Lipinski definition) is 2. The number of H-pyrrole nitrogens is 1. The minimum Gasteiger partial charge on any atom is -0.497 e. The van der Waals surface area contributed by atoms with Crippen LogP contribution in [-0.2, 0) is 0 Å². The summed E-state index contributed by atoms with van der Waals surface area (Å²) in [7, 11) is 1.60. The maximum absolute atomic E-state index is 12.0. The lowest BCUT2D eigenvalue weighted by atomic mass is 10.2. The summed E-state index contributed by atoms with van der Waals surface area (Å²) < 4.78 is 10.3. The number of hydrogen-bond acceptors (Lipinski definition) is 5. The molecule has 0 radical (unpaired) electrons. The monoisotopic (exact) mass is 310 g/mol. The molecular weight excluding hydrogens is 296 g/mol. The van der Waals surface area contributed by atoms with Gasteiger partial charge in [-0.25, -0.2) is 5.43 Å². The van der Waals surface area contributed by atoms with E-state index in [1.54, 1.807) is 31.6 Å². The van der Waals surface area contributed by atoms with Crippen LogP contribution in [0.1, 0.15) is 16.1 Å². The van der Waals surface area contributed by atoms with E-state index >= 15 is 0 Å². The highest BCUT2D eigenvalue weighted by molar-refractivity contribution is 5.93. The normalized spacial score (nSPS) is 10.8. The van der Waals surface area contributed by atoms with E-state index in [2.05, 4.69) is 20.7 Å². The lowest BCUT2D eigenvalue weighted by Gasteiger charge is -1.99. The van der Waals surface area contributed by atoms with Crippen LogP contribution in [0.15, 0.2) is 58.2 Å². The summed E-state index contributed by atoms with van der Waals surface area (Å²) in [5.41, 5.74) is 4.11. The SMILES string of the molecule is COc1ccc(/C=N/NC(=O)c2cc(-c3ccco3)[nH]n2)cc1. The van der Waals surface area contributed by atoms with Crippen LogP contribution in [0.3, 0.4) is 0 Å². The third-order valence-electron chi connectivity index (χ3n) is 3.09. The molecule has 0 atom stereocenters. The van der Waals surface area contributed by atoms with E-state index in [4.69, 9.17) is 9.15 Å². The molecule has 0 unspecified atom stereocenters. The molecule has 0 fully saturated rings. The van der Waals surface area contributed by atoms with Gasteiger partial charge in [-0.2, -0.15) is 10.2 Å². The van der Waals surface area contributed by atoms with Crippen molar-refractivity contribution in [3.05, 3.63) is 60.0 Å². The zero-order chi connectivity index (χ0) is 16.1. The first-order valence-electron chi connectivity index (χ1n) is 6.83. The first-order valence-corrected chi connectivity index (χ1v) is 6.83. The molecule has 0 bridgehead atoms. The van der Waals surface area contributed by atoms with Gasteiger partial charge < -0.3 is 9.15 Å². The Labute approximate surface area is 132 Å². The number of rotatable bonds is 5. The predicted molar refractivity (Wildman–Crippen MR) is 84.3 cm³/mol. The number of nitrogens with zero attached hydrogens (tertiary/aromatic N) is 2. The van der Waals surface area contributed by atoms with Crippen molar-refractivity contribution < 1.29 is 13.9 Å². The van der Waals surface area contributed by atoms with Gasteiger partial charge in [0.25, 0.3) is 5.91 Å². The van der Waals surface area contributed by atoms with Crippen LogP contribution in [0.5, 0.6) is 5.75 Å². The summed E-state index contributed by atoms with van der Waals surface area (Å²) in [5, 5.41) is 10.6. The van der Waals surface area contributed by atoms with Gasteiger partial charge in [0, 0.05) is 6.07 Å². The zero-order valence-electron chi connectivity index (χ0n) is 12.3. The molecule has 0 aliphatic rings. The topological polar surface area (TPSA) is 92.5 Å². The first-order chi connectivity index (χ1) is 11.3. The lowest BCUT2D eigenvalue weighted by molar-refractivity contribution is 0.0950. The summed E-state index contributed by atoms with van der Waals surface area (Å²) in [5.74, 6) is 0.954. The second-order valence-electron chi connectivity index (χ2n) is 4.62. The number of nitrogens with one attached hydrogen (secondary N) is 2. The number of carbonyl (C=O) groups excluding carboxylic acids is 1. The molecular formula is C16H14N4O3. The summed E-state index contributed by atoms with van der Waals surface area (Å²) in [4.78, 5) is 12.0. The Hall–Kier alpha value is -3.35. The molecule has 1 amide bonds. The van der Waals surface area contributed by atoms with Crippen molar-refractivity contribution in [1.29, 1.82) is 0 Å². The molecule has 1 aromatic carbocycles. The summed E-state index contributed by atoms with van der Waals surface area (Å²) in [6.45, 7) is 0. The van der Waals surface area contributed by atoms with E-state index in [-0.39, 0.29) is 5.69 Å². The third-order valence-corrected chi connectivity index (χ3v) is 3.09. The number of aromatic nitrogens is 2. The van der Waals surface area contributed by atoms with Crippen molar-refractivity contribution in [3.63, 3.8) is 0 Å². The van der Waals surface area contributed by atoms with E-state index in [1.165, 1.54) is 6.21 Å². The number of furan rings is 1. The molecule has 2 heterocycles. The minimum absolute atomic E-state index is 0.225. The molecule has 0 saturated carbocycles. The van der Waals surface area contributed by atoms with Crippen molar-refractivity contribution in [2.45, 2.75) is 0 Å². The van der Waals surface area contributed by atoms with Gasteiger partial charge in [0.1, 0.15) is 11.4 Å². The number of benzene rings is 1. The number of methoxy groups -OCH3 is 1. The Morgan fingerprint density at radius 2 is 2.17 bits per heavy atom. The highest BCUT2D eigenvalue weighted by atomic mass is 16.5. The van der Waals surface area contributed by atoms with Crippen molar-refractivity contribution >= 4 is 12.1 Å².